The van der Waals surface area contributed by atoms with Crippen molar-refractivity contribution in [1.82, 2.24) is 9.55 Å². The number of non-ortho nitro benzene ring substituents is 1. The van der Waals surface area contributed by atoms with Crippen molar-refractivity contribution in [2.24, 2.45) is 0 Å². The van der Waals surface area contributed by atoms with Gasteiger partial charge in [0.1, 0.15) is 0 Å². The fraction of sp³-hybridized carbons (Fsp3) is 0.286. The first-order valence-corrected chi connectivity index (χ1v) is 6.69. The lowest BCUT2D eigenvalue weighted by Gasteiger charge is -2.06. The molecule has 0 atom stereocenters. The van der Waals surface area contributed by atoms with E-state index in [-0.39, 0.29) is 30.2 Å². The number of aromatic amines is 1. The third-order valence-corrected chi connectivity index (χ3v) is 3.41. The Morgan fingerprint density at radius 3 is 2.45 bits per heavy atom. The third kappa shape index (κ3) is 3.40. The van der Waals surface area contributed by atoms with Crippen molar-refractivity contribution in [2.45, 2.75) is 26.8 Å². The average Bonchev–Trinajstić information content (AvgIpc) is 2.70. The van der Waals surface area contributed by atoms with Crippen LogP contribution in [0.4, 0.5) is 11.4 Å². The second kappa shape index (κ2) is 6.25. The van der Waals surface area contributed by atoms with E-state index in [1.54, 1.807) is 6.92 Å². The third-order valence-electron chi connectivity index (χ3n) is 3.41. The number of hydrogen-bond donors (Lipinski definition) is 2. The van der Waals surface area contributed by atoms with Gasteiger partial charge >= 0.3 is 5.69 Å². The first-order valence-electron chi connectivity index (χ1n) is 6.69. The summed E-state index contributed by atoms with van der Waals surface area (Å²) in [6.45, 7) is 3.87. The van der Waals surface area contributed by atoms with Crippen LogP contribution in [0, 0.1) is 24.0 Å². The summed E-state index contributed by atoms with van der Waals surface area (Å²) in [5.41, 5.74) is 1.78. The Labute approximate surface area is 125 Å². The number of imidazole rings is 1. The molecule has 0 saturated carbocycles. The Bertz CT molecular complexity index is 758. The molecular weight excluding hydrogens is 288 g/mol. The van der Waals surface area contributed by atoms with E-state index in [0.717, 1.165) is 11.4 Å². The van der Waals surface area contributed by atoms with Gasteiger partial charge in [-0.1, -0.05) is 0 Å². The van der Waals surface area contributed by atoms with Crippen LogP contribution in [0.2, 0.25) is 0 Å². The molecule has 0 saturated heterocycles. The van der Waals surface area contributed by atoms with Gasteiger partial charge in [0.05, 0.1) is 4.92 Å². The molecule has 0 fully saturated rings. The monoisotopic (exact) mass is 304 g/mol. The molecule has 8 nitrogen and oxygen atoms in total. The summed E-state index contributed by atoms with van der Waals surface area (Å²) in [6, 6.07) is 5.57. The number of anilines is 1. The van der Waals surface area contributed by atoms with Gasteiger partial charge in [-0.25, -0.2) is 4.79 Å². The Morgan fingerprint density at radius 2 is 1.95 bits per heavy atom. The number of benzene rings is 1. The van der Waals surface area contributed by atoms with Gasteiger partial charge in [0.25, 0.3) is 5.69 Å². The lowest BCUT2D eigenvalue weighted by atomic mass is 10.2. The average molecular weight is 304 g/mol. The van der Waals surface area contributed by atoms with Crippen LogP contribution in [0.5, 0.6) is 0 Å². The van der Waals surface area contributed by atoms with Crippen LogP contribution in [0.1, 0.15) is 17.8 Å². The number of rotatable bonds is 5. The van der Waals surface area contributed by atoms with Crippen LogP contribution in [0.15, 0.2) is 29.1 Å². The van der Waals surface area contributed by atoms with Crippen LogP contribution in [-0.4, -0.2) is 20.4 Å². The quantitative estimate of drug-likeness (QED) is 0.647. The Kier molecular flexibility index (Phi) is 4.40. The van der Waals surface area contributed by atoms with Crippen molar-refractivity contribution >= 4 is 17.3 Å². The van der Waals surface area contributed by atoms with E-state index < -0.39 is 4.92 Å². The Morgan fingerprint density at radius 1 is 1.32 bits per heavy atom. The van der Waals surface area contributed by atoms with E-state index in [1.165, 1.54) is 28.8 Å². The number of carbonyl (C=O) groups excluding carboxylic acids is 1. The van der Waals surface area contributed by atoms with E-state index in [0.29, 0.717) is 5.69 Å². The summed E-state index contributed by atoms with van der Waals surface area (Å²) in [4.78, 5) is 36.2. The Balaban J connectivity index is 1.95. The molecule has 1 heterocycles. The van der Waals surface area contributed by atoms with Crippen molar-refractivity contribution in [3.8, 4) is 0 Å². The fourth-order valence-corrected chi connectivity index (χ4v) is 2.05. The minimum absolute atomic E-state index is 0.0389. The number of hydrogen-bond acceptors (Lipinski definition) is 4. The first-order chi connectivity index (χ1) is 10.4. The van der Waals surface area contributed by atoms with Crippen LogP contribution in [0.3, 0.4) is 0 Å². The topological polar surface area (TPSA) is 110 Å². The maximum Gasteiger partial charge on any atom is 0.325 e. The number of carbonyl (C=O) groups is 1. The van der Waals surface area contributed by atoms with Gasteiger partial charge in [-0.05, 0) is 26.0 Å². The fourth-order valence-electron chi connectivity index (χ4n) is 2.05. The number of amides is 1. The van der Waals surface area contributed by atoms with Gasteiger partial charge in [0.2, 0.25) is 5.91 Å². The summed E-state index contributed by atoms with van der Waals surface area (Å²) in [7, 11) is 0. The van der Waals surface area contributed by atoms with Crippen molar-refractivity contribution < 1.29 is 9.72 Å². The molecule has 0 aliphatic heterocycles. The maximum absolute atomic E-state index is 11.9. The molecule has 2 aromatic rings. The van der Waals surface area contributed by atoms with E-state index in [4.69, 9.17) is 0 Å². The predicted molar refractivity (Wildman–Crippen MR) is 80.9 cm³/mol. The lowest BCUT2D eigenvalue weighted by molar-refractivity contribution is -0.384. The molecule has 1 amide bonds. The number of nitro groups is 1. The smallest absolute Gasteiger partial charge is 0.325 e. The second-order valence-electron chi connectivity index (χ2n) is 4.89. The van der Waals surface area contributed by atoms with Crippen molar-refractivity contribution in [3.05, 3.63) is 56.3 Å². The zero-order chi connectivity index (χ0) is 16.3. The number of H-pyrrole nitrogens is 1. The van der Waals surface area contributed by atoms with Crippen LogP contribution >= 0.6 is 0 Å². The SMILES string of the molecule is Cc1[nH]c(=O)n(CCC(=O)Nc2ccc([N+](=O)[O-])cc2)c1C. The molecular formula is C14H16N4O4. The zero-order valence-electron chi connectivity index (χ0n) is 12.3. The summed E-state index contributed by atoms with van der Waals surface area (Å²) >= 11 is 0. The standard InChI is InChI=1S/C14H16N4O4/c1-9-10(2)17(14(20)15-9)8-7-13(19)16-11-3-5-12(6-4-11)18(21)22/h3-6H,7-8H2,1-2H3,(H,15,20)(H,16,19). The van der Waals surface area contributed by atoms with Gasteiger partial charge in [0.15, 0.2) is 0 Å². The molecule has 0 aliphatic carbocycles. The minimum Gasteiger partial charge on any atom is -0.326 e. The van der Waals surface area contributed by atoms with E-state index >= 15 is 0 Å². The summed E-state index contributed by atoms with van der Waals surface area (Å²) in [5.74, 6) is -0.265. The molecule has 116 valence electrons. The van der Waals surface area contributed by atoms with Gasteiger partial charge in [-0.2, -0.15) is 0 Å². The predicted octanol–water partition coefficient (Wildman–Crippen LogP) is 1.73. The number of nitro benzene ring substituents is 1. The van der Waals surface area contributed by atoms with Crippen molar-refractivity contribution in [2.75, 3.05) is 5.32 Å². The molecule has 0 unspecified atom stereocenters. The molecule has 2 rings (SSSR count). The normalized spacial score (nSPS) is 10.5. The molecule has 8 heteroatoms. The molecule has 0 aliphatic rings. The zero-order valence-corrected chi connectivity index (χ0v) is 12.3. The molecule has 0 spiro atoms. The number of nitrogens with one attached hydrogen (secondary N) is 2. The molecule has 0 bridgehead atoms. The van der Waals surface area contributed by atoms with Gasteiger partial charge in [0, 0.05) is 42.2 Å². The minimum atomic E-state index is -0.505. The van der Waals surface area contributed by atoms with Crippen LogP contribution in [0.25, 0.3) is 0 Å². The molecule has 22 heavy (non-hydrogen) atoms. The number of nitrogens with zero attached hydrogens (tertiary/aromatic N) is 2. The Hall–Kier alpha value is -2.90. The van der Waals surface area contributed by atoms with Crippen molar-refractivity contribution in [3.63, 3.8) is 0 Å². The second-order valence-corrected chi connectivity index (χ2v) is 4.89. The number of aryl methyl sites for hydroxylation is 1. The molecule has 1 aromatic carbocycles. The van der Waals surface area contributed by atoms with Gasteiger partial charge in [-0.15, -0.1) is 0 Å². The number of aromatic nitrogens is 2. The van der Waals surface area contributed by atoms with Crippen LogP contribution in [-0.2, 0) is 11.3 Å². The van der Waals surface area contributed by atoms with Crippen molar-refractivity contribution in [1.29, 1.82) is 0 Å². The highest BCUT2D eigenvalue weighted by Crippen LogP contribution is 2.15. The highest BCUT2D eigenvalue weighted by atomic mass is 16.6. The molecule has 1 aromatic heterocycles. The summed E-state index contributed by atoms with van der Waals surface area (Å²) < 4.78 is 1.50. The largest absolute Gasteiger partial charge is 0.326 e. The van der Waals surface area contributed by atoms with E-state index in [2.05, 4.69) is 10.3 Å². The van der Waals surface area contributed by atoms with Gasteiger partial charge < -0.3 is 10.3 Å². The van der Waals surface area contributed by atoms with Gasteiger partial charge in [-0.3, -0.25) is 19.5 Å². The molecule has 2 N–H and O–H groups in total. The highest BCUT2D eigenvalue weighted by Gasteiger charge is 2.10. The van der Waals surface area contributed by atoms with Crippen LogP contribution < -0.4 is 11.0 Å². The highest BCUT2D eigenvalue weighted by molar-refractivity contribution is 5.90. The maximum atomic E-state index is 11.9. The van der Waals surface area contributed by atoms with E-state index in [9.17, 15) is 19.7 Å². The lowest BCUT2D eigenvalue weighted by Crippen LogP contribution is -2.22. The summed E-state index contributed by atoms with van der Waals surface area (Å²) in [6.07, 6.45) is 0.134. The molecule has 0 radical (unpaired) electrons. The first kappa shape index (κ1) is 15.5. The van der Waals surface area contributed by atoms with E-state index in [1.807, 2.05) is 6.92 Å². The summed E-state index contributed by atoms with van der Waals surface area (Å²) in [5, 5.41) is 13.2.